The predicted molar refractivity (Wildman–Crippen MR) is 133 cm³/mol. The smallest absolute Gasteiger partial charge is 0.315 e. The van der Waals surface area contributed by atoms with Crippen molar-refractivity contribution in [2.45, 2.75) is 46.6 Å². The molecule has 0 aliphatic heterocycles. The van der Waals surface area contributed by atoms with E-state index in [1.807, 2.05) is 69.6 Å². The maximum absolute atomic E-state index is 12.5. The molecule has 4 aromatic heterocycles. The van der Waals surface area contributed by atoms with Gasteiger partial charge >= 0.3 is 11.8 Å². The van der Waals surface area contributed by atoms with Crippen LogP contribution < -0.4 is 5.32 Å². The molecule has 4 heterocycles. The lowest BCUT2D eigenvalue weighted by atomic mass is 9.96. The summed E-state index contributed by atoms with van der Waals surface area (Å²) >= 11 is 0. The summed E-state index contributed by atoms with van der Waals surface area (Å²) in [4.78, 5) is 21.3. The van der Waals surface area contributed by atoms with Crippen LogP contribution in [0.15, 0.2) is 53.6 Å². The van der Waals surface area contributed by atoms with E-state index < -0.39 is 5.91 Å². The monoisotopic (exact) mass is 482 g/mol. The van der Waals surface area contributed by atoms with Crippen LogP contribution in [0.1, 0.15) is 54.1 Å². The predicted octanol–water partition coefficient (Wildman–Crippen LogP) is 4.08. The molecule has 1 amide bonds. The summed E-state index contributed by atoms with van der Waals surface area (Å²) < 4.78 is 6.95. The molecule has 0 saturated heterocycles. The molecule has 0 saturated carbocycles. The van der Waals surface area contributed by atoms with E-state index in [1.54, 1.807) is 12.5 Å². The maximum atomic E-state index is 12.5. The molecule has 5 rings (SSSR count). The van der Waals surface area contributed by atoms with Crippen LogP contribution in [0, 0.1) is 13.8 Å². The summed E-state index contributed by atoms with van der Waals surface area (Å²) in [5.74, 6) is 0.0509. The normalized spacial score (nSPS) is 11.7. The minimum atomic E-state index is -0.402. The first-order valence-corrected chi connectivity index (χ1v) is 11.5. The molecule has 10 nitrogen and oxygen atoms in total. The van der Waals surface area contributed by atoms with Crippen molar-refractivity contribution in [2.24, 2.45) is 0 Å². The third-order valence-corrected chi connectivity index (χ3v) is 5.86. The largest absolute Gasteiger partial charge is 0.344 e. The van der Waals surface area contributed by atoms with Crippen LogP contribution in [0.4, 0.5) is 0 Å². The van der Waals surface area contributed by atoms with Gasteiger partial charge in [-0.15, -0.1) is 0 Å². The average molecular weight is 483 g/mol. The molecule has 5 aromatic rings. The fourth-order valence-corrected chi connectivity index (χ4v) is 3.85. The molecule has 0 aliphatic rings. The molecule has 182 valence electrons. The highest BCUT2D eigenvalue weighted by atomic mass is 16.5. The lowest BCUT2D eigenvalue weighted by Crippen LogP contribution is -2.24. The molecule has 1 aromatic carbocycles. The van der Waals surface area contributed by atoms with Gasteiger partial charge in [-0.3, -0.25) is 4.79 Å². The first kappa shape index (κ1) is 23.3. The van der Waals surface area contributed by atoms with Gasteiger partial charge in [0.1, 0.15) is 6.33 Å². The minimum absolute atomic E-state index is 0.0406. The maximum Gasteiger partial charge on any atom is 0.315 e. The lowest BCUT2D eigenvalue weighted by molar-refractivity contribution is 0.0907. The van der Waals surface area contributed by atoms with Gasteiger partial charge in [-0.05, 0) is 43.2 Å². The Morgan fingerprint density at radius 3 is 2.64 bits per heavy atom. The number of nitrogens with zero attached hydrogens (tertiary/aromatic N) is 7. The Labute approximate surface area is 207 Å². The number of nitrogens with one attached hydrogen (secondary N) is 1. The molecular formula is C26H26N8O2. The van der Waals surface area contributed by atoms with E-state index in [2.05, 4.69) is 41.8 Å². The van der Waals surface area contributed by atoms with Crippen molar-refractivity contribution in [3.63, 3.8) is 0 Å². The van der Waals surface area contributed by atoms with Crippen LogP contribution in [0.2, 0.25) is 0 Å². The minimum Gasteiger partial charge on any atom is -0.344 e. The van der Waals surface area contributed by atoms with E-state index in [0.29, 0.717) is 12.4 Å². The number of rotatable bonds is 5. The van der Waals surface area contributed by atoms with Gasteiger partial charge in [0.25, 0.3) is 0 Å². The summed E-state index contributed by atoms with van der Waals surface area (Å²) in [6.07, 6.45) is 5.23. The molecule has 0 spiro atoms. The van der Waals surface area contributed by atoms with E-state index in [9.17, 15) is 4.79 Å². The van der Waals surface area contributed by atoms with Crippen LogP contribution in [0.25, 0.3) is 27.9 Å². The van der Waals surface area contributed by atoms with Crippen molar-refractivity contribution < 1.29 is 9.32 Å². The zero-order valence-corrected chi connectivity index (χ0v) is 20.8. The van der Waals surface area contributed by atoms with Crippen LogP contribution >= 0.6 is 0 Å². The second-order valence-corrected chi connectivity index (χ2v) is 9.75. The van der Waals surface area contributed by atoms with E-state index in [1.165, 1.54) is 0 Å². The van der Waals surface area contributed by atoms with Gasteiger partial charge in [-0.25, -0.2) is 9.50 Å². The topological polar surface area (TPSA) is 124 Å². The Kier molecular flexibility index (Phi) is 5.79. The summed E-state index contributed by atoms with van der Waals surface area (Å²) in [6.45, 7) is 10.1. The van der Waals surface area contributed by atoms with Gasteiger partial charge in [0.05, 0.1) is 23.1 Å². The van der Waals surface area contributed by atoms with Crippen molar-refractivity contribution >= 4 is 11.4 Å². The summed E-state index contributed by atoms with van der Waals surface area (Å²) in [5.41, 5.74) is 7.15. The summed E-state index contributed by atoms with van der Waals surface area (Å²) in [7, 11) is 0. The van der Waals surface area contributed by atoms with Crippen LogP contribution in [-0.4, -0.2) is 40.8 Å². The Balaban J connectivity index is 1.37. The molecule has 0 fully saturated rings. The second kappa shape index (κ2) is 8.95. The fourth-order valence-electron chi connectivity index (χ4n) is 3.85. The van der Waals surface area contributed by atoms with Crippen LogP contribution in [0.3, 0.4) is 0 Å². The number of hydrogen-bond donors (Lipinski definition) is 1. The highest BCUT2D eigenvalue weighted by Gasteiger charge is 2.23. The number of fused-ring (bicyclic) bond motifs is 1. The number of aryl methyl sites for hydroxylation is 2. The molecule has 0 bridgehead atoms. The van der Waals surface area contributed by atoms with Crippen LogP contribution in [0.5, 0.6) is 0 Å². The van der Waals surface area contributed by atoms with Crippen LogP contribution in [-0.2, 0) is 12.0 Å². The molecule has 0 unspecified atom stereocenters. The lowest BCUT2D eigenvalue weighted by Gasteiger charge is -2.11. The number of aromatic nitrogens is 7. The fraction of sp³-hybridized carbons (Fsp3) is 0.269. The number of carbonyl (C=O) groups excluding carboxylic acids is 1. The second-order valence-electron chi connectivity index (χ2n) is 9.75. The van der Waals surface area contributed by atoms with Gasteiger partial charge < -0.3 is 9.84 Å². The number of benzene rings is 1. The molecule has 1 N–H and O–H groups in total. The zero-order chi connectivity index (χ0) is 25.4. The van der Waals surface area contributed by atoms with Gasteiger partial charge in [-0.1, -0.05) is 38.1 Å². The van der Waals surface area contributed by atoms with E-state index in [0.717, 1.165) is 44.7 Å². The van der Waals surface area contributed by atoms with Crippen molar-refractivity contribution in [1.82, 2.24) is 40.3 Å². The molecular weight excluding hydrogens is 456 g/mol. The molecule has 10 heteroatoms. The average Bonchev–Trinajstić information content (AvgIpc) is 3.51. The standard InChI is InChI=1S/C26H26N8O2/c1-15-8-17(6-7-18(15)11-27-23(35)24-31-25(33-36-24)26(3,4)5)22-21-10-20(13-34(21)30-14-28-22)19-9-16(2)32-29-12-19/h6-10,12-14H,11H2,1-5H3,(H,27,35). The summed E-state index contributed by atoms with van der Waals surface area (Å²) in [5, 5.41) is 19.2. The Morgan fingerprint density at radius 2 is 1.92 bits per heavy atom. The molecule has 0 radical (unpaired) electrons. The van der Waals surface area contributed by atoms with Gasteiger partial charge in [0.15, 0.2) is 5.82 Å². The highest BCUT2D eigenvalue weighted by molar-refractivity contribution is 5.89. The first-order chi connectivity index (χ1) is 17.2. The zero-order valence-electron chi connectivity index (χ0n) is 20.8. The quantitative estimate of drug-likeness (QED) is 0.397. The third kappa shape index (κ3) is 4.57. The molecule has 0 atom stereocenters. The SMILES string of the molecule is Cc1cc(-c2cc3c(-c4ccc(CNC(=O)c5nc(C(C)(C)C)no5)c(C)c4)ncnn3c2)cnn1. The Morgan fingerprint density at radius 1 is 1.08 bits per heavy atom. The van der Waals surface area contributed by atoms with Crippen molar-refractivity contribution in [1.29, 1.82) is 0 Å². The molecule has 36 heavy (non-hydrogen) atoms. The first-order valence-electron chi connectivity index (χ1n) is 11.5. The Bertz CT molecular complexity index is 1580. The van der Waals surface area contributed by atoms with E-state index in [-0.39, 0.29) is 11.3 Å². The molecule has 0 aliphatic carbocycles. The van der Waals surface area contributed by atoms with E-state index >= 15 is 0 Å². The van der Waals surface area contributed by atoms with Crippen molar-refractivity contribution in [3.05, 3.63) is 77.6 Å². The van der Waals surface area contributed by atoms with Gasteiger partial charge in [-0.2, -0.15) is 20.3 Å². The van der Waals surface area contributed by atoms with Crippen molar-refractivity contribution in [3.8, 4) is 22.4 Å². The Hall–Kier alpha value is -4.47. The third-order valence-electron chi connectivity index (χ3n) is 5.86. The van der Waals surface area contributed by atoms with Gasteiger partial charge in [0, 0.05) is 34.8 Å². The van der Waals surface area contributed by atoms with E-state index in [4.69, 9.17) is 4.52 Å². The number of hydrogen-bond acceptors (Lipinski definition) is 8. The van der Waals surface area contributed by atoms with Crippen molar-refractivity contribution in [2.75, 3.05) is 0 Å². The summed E-state index contributed by atoms with van der Waals surface area (Å²) in [6, 6.07) is 10.1. The number of amides is 1. The number of carbonyl (C=O) groups is 1. The highest BCUT2D eigenvalue weighted by Crippen LogP contribution is 2.29. The van der Waals surface area contributed by atoms with Gasteiger partial charge in [0.2, 0.25) is 0 Å².